The fraction of sp³-hybridized carbons (Fsp3) is 0.583. The molecule has 0 atom stereocenters. The predicted octanol–water partition coefficient (Wildman–Crippen LogP) is 3.60. The van der Waals surface area contributed by atoms with Crippen LogP contribution in [-0.4, -0.2) is 17.6 Å². The third-order valence-corrected chi connectivity index (χ3v) is 3.71. The van der Waals surface area contributed by atoms with Gasteiger partial charge in [-0.15, -0.1) is 0 Å². The first-order valence-electron chi connectivity index (χ1n) is 5.26. The standard InChI is InChI=1S/C12H19BrN2/c1-5-12(2,3)15(4)11-10(9-13)7-6-8-14-11/h6-8H,5,9H2,1-4H3. The van der Waals surface area contributed by atoms with Crippen LogP contribution in [0.4, 0.5) is 5.82 Å². The maximum absolute atomic E-state index is 4.46. The minimum atomic E-state index is 0.144. The van der Waals surface area contributed by atoms with E-state index in [4.69, 9.17) is 0 Å². The van der Waals surface area contributed by atoms with Gasteiger partial charge in [-0.25, -0.2) is 4.98 Å². The summed E-state index contributed by atoms with van der Waals surface area (Å²) in [6, 6.07) is 4.09. The third-order valence-electron chi connectivity index (χ3n) is 3.10. The second kappa shape index (κ2) is 4.97. The highest BCUT2D eigenvalue weighted by Crippen LogP contribution is 2.26. The largest absolute Gasteiger partial charge is 0.354 e. The van der Waals surface area contributed by atoms with Gasteiger partial charge < -0.3 is 4.90 Å². The van der Waals surface area contributed by atoms with Gasteiger partial charge in [-0.3, -0.25) is 0 Å². The van der Waals surface area contributed by atoms with Gasteiger partial charge in [0.05, 0.1) is 0 Å². The van der Waals surface area contributed by atoms with Crippen molar-refractivity contribution in [1.82, 2.24) is 4.98 Å². The number of pyridine rings is 1. The minimum Gasteiger partial charge on any atom is -0.354 e. The Labute approximate surface area is 101 Å². The second-order valence-electron chi connectivity index (χ2n) is 4.34. The highest BCUT2D eigenvalue weighted by Gasteiger charge is 2.23. The van der Waals surface area contributed by atoms with Crippen LogP contribution in [0.5, 0.6) is 0 Å². The Balaban J connectivity index is 3.05. The Morgan fingerprint density at radius 3 is 2.67 bits per heavy atom. The number of anilines is 1. The monoisotopic (exact) mass is 270 g/mol. The third kappa shape index (κ3) is 2.71. The zero-order valence-electron chi connectivity index (χ0n) is 9.92. The first-order chi connectivity index (χ1) is 7.03. The van der Waals surface area contributed by atoms with E-state index < -0.39 is 0 Å². The van der Waals surface area contributed by atoms with Crippen LogP contribution in [-0.2, 0) is 5.33 Å². The highest BCUT2D eigenvalue weighted by atomic mass is 79.9. The summed E-state index contributed by atoms with van der Waals surface area (Å²) in [5.74, 6) is 1.07. The topological polar surface area (TPSA) is 16.1 Å². The van der Waals surface area contributed by atoms with Crippen molar-refractivity contribution in [1.29, 1.82) is 0 Å². The second-order valence-corrected chi connectivity index (χ2v) is 4.91. The maximum Gasteiger partial charge on any atom is 0.132 e. The van der Waals surface area contributed by atoms with E-state index in [0.717, 1.165) is 17.6 Å². The van der Waals surface area contributed by atoms with Gasteiger partial charge in [0.2, 0.25) is 0 Å². The van der Waals surface area contributed by atoms with E-state index >= 15 is 0 Å². The first kappa shape index (κ1) is 12.5. The van der Waals surface area contributed by atoms with Crippen molar-refractivity contribution in [2.24, 2.45) is 0 Å². The summed E-state index contributed by atoms with van der Waals surface area (Å²) in [4.78, 5) is 6.71. The molecule has 0 aliphatic carbocycles. The number of halogens is 1. The van der Waals surface area contributed by atoms with Crippen LogP contribution < -0.4 is 4.90 Å². The summed E-state index contributed by atoms with van der Waals surface area (Å²) in [6.45, 7) is 6.67. The molecule has 1 rings (SSSR count). The first-order valence-corrected chi connectivity index (χ1v) is 6.38. The highest BCUT2D eigenvalue weighted by molar-refractivity contribution is 9.08. The lowest BCUT2D eigenvalue weighted by Crippen LogP contribution is -2.41. The Hall–Kier alpha value is -0.570. The summed E-state index contributed by atoms with van der Waals surface area (Å²) in [7, 11) is 2.11. The molecule has 0 fully saturated rings. The molecule has 0 spiro atoms. The van der Waals surface area contributed by atoms with Gasteiger partial charge in [0.25, 0.3) is 0 Å². The molecule has 0 radical (unpaired) electrons. The number of aromatic nitrogens is 1. The Bertz CT molecular complexity index is 323. The normalized spacial score (nSPS) is 11.5. The van der Waals surface area contributed by atoms with Crippen LogP contribution in [0.2, 0.25) is 0 Å². The summed E-state index contributed by atoms with van der Waals surface area (Å²) in [6.07, 6.45) is 2.95. The molecule has 0 aliphatic heterocycles. The molecule has 0 unspecified atom stereocenters. The van der Waals surface area contributed by atoms with Crippen molar-refractivity contribution in [3.63, 3.8) is 0 Å². The molecule has 0 amide bonds. The lowest BCUT2D eigenvalue weighted by Gasteiger charge is -2.36. The molecule has 1 heterocycles. The van der Waals surface area contributed by atoms with Gasteiger partial charge in [-0.2, -0.15) is 0 Å². The van der Waals surface area contributed by atoms with Gasteiger partial charge in [0, 0.05) is 29.7 Å². The SMILES string of the molecule is CCC(C)(C)N(C)c1ncccc1CBr. The van der Waals surface area contributed by atoms with Gasteiger partial charge in [-0.1, -0.05) is 28.9 Å². The molecule has 1 aromatic heterocycles. The number of rotatable bonds is 4. The van der Waals surface area contributed by atoms with Gasteiger partial charge in [0.15, 0.2) is 0 Å². The molecule has 0 aliphatic rings. The average Bonchev–Trinajstić information content (AvgIpc) is 2.28. The average molecular weight is 271 g/mol. The molecule has 84 valence electrons. The molecule has 2 nitrogen and oxygen atoms in total. The Morgan fingerprint density at radius 2 is 2.13 bits per heavy atom. The van der Waals surface area contributed by atoms with Gasteiger partial charge >= 0.3 is 0 Å². The molecule has 0 N–H and O–H groups in total. The van der Waals surface area contributed by atoms with Crippen LogP contribution in [0.1, 0.15) is 32.8 Å². The van der Waals surface area contributed by atoms with Crippen LogP contribution in [0.15, 0.2) is 18.3 Å². The van der Waals surface area contributed by atoms with Crippen LogP contribution in [0.3, 0.4) is 0 Å². The van der Waals surface area contributed by atoms with Crippen molar-refractivity contribution in [3.05, 3.63) is 23.9 Å². The van der Waals surface area contributed by atoms with Crippen molar-refractivity contribution in [2.45, 2.75) is 38.1 Å². The molecule has 3 heteroatoms. The molecule has 0 aromatic carbocycles. The molecule has 0 saturated heterocycles. The molecule has 1 aromatic rings. The smallest absolute Gasteiger partial charge is 0.132 e. The number of nitrogens with zero attached hydrogens (tertiary/aromatic N) is 2. The van der Waals surface area contributed by atoms with Gasteiger partial charge in [0.1, 0.15) is 5.82 Å². The fourth-order valence-corrected chi connectivity index (χ4v) is 1.80. The lowest BCUT2D eigenvalue weighted by atomic mass is 9.99. The van der Waals surface area contributed by atoms with E-state index in [-0.39, 0.29) is 5.54 Å². The zero-order valence-corrected chi connectivity index (χ0v) is 11.5. The van der Waals surface area contributed by atoms with E-state index in [1.54, 1.807) is 0 Å². The number of alkyl halides is 1. The van der Waals surface area contributed by atoms with Crippen molar-refractivity contribution in [2.75, 3.05) is 11.9 Å². The summed E-state index contributed by atoms with van der Waals surface area (Å²) >= 11 is 3.50. The Kier molecular flexibility index (Phi) is 4.14. The fourth-order valence-electron chi connectivity index (χ4n) is 1.36. The van der Waals surface area contributed by atoms with Crippen LogP contribution in [0.25, 0.3) is 0 Å². The Morgan fingerprint density at radius 1 is 1.47 bits per heavy atom. The lowest BCUT2D eigenvalue weighted by molar-refractivity contribution is 0.466. The summed E-state index contributed by atoms with van der Waals surface area (Å²) in [5.41, 5.74) is 1.38. The molecular weight excluding hydrogens is 252 g/mol. The molecule has 0 saturated carbocycles. The van der Waals surface area contributed by atoms with Crippen molar-refractivity contribution < 1.29 is 0 Å². The van der Waals surface area contributed by atoms with E-state index in [1.165, 1.54) is 5.56 Å². The van der Waals surface area contributed by atoms with Gasteiger partial charge in [-0.05, 0) is 26.3 Å². The van der Waals surface area contributed by atoms with Crippen LogP contribution >= 0.6 is 15.9 Å². The number of hydrogen-bond donors (Lipinski definition) is 0. The maximum atomic E-state index is 4.46. The minimum absolute atomic E-state index is 0.144. The van der Waals surface area contributed by atoms with Crippen molar-refractivity contribution >= 4 is 21.7 Å². The summed E-state index contributed by atoms with van der Waals surface area (Å²) in [5, 5.41) is 0.848. The molecule has 0 bridgehead atoms. The molecule has 15 heavy (non-hydrogen) atoms. The van der Waals surface area contributed by atoms with E-state index in [1.807, 2.05) is 12.3 Å². The number of hydrogen-bond acceptors (Lipinski definition) is 2. The van der Waals surface area contributed by atoms with Crippen molar-refractivity contribution in [3.8, 4) is 0 Å². The van der Waals surface area contributed by atoms with E-state index in [2.05, 4.69) is 59.7 Å². The van der Waals surface area contributed by atoms with Crippen LogP contribution in [0, 0.1) is 0 Å². The zero-order chi connectivity index (χ0) is 11.5. The van der Waals surface area contributed by atoms with E-state index in [0.29, 0.717) is 0 Å². The predicted molar refractivity (Wildman–Crippen MR) is 69.6 cm³/mol. The summed E-state index contributed by atoms with van der Waals surface area (Å²) < 4.78 is 0. The van der Waals surface area contributed by atoms with E-state index in [9.17, 15) is 0 Å². The molecular formula is C12H19BrN2. The quantitative estimate of drug-likeness (QED) is 0.778.